The number of fused-ring (bicyclic) bond motifs is 1. The van der Waals surface area contributed by atoms with E-state index in [1.165, 1.54) is 0 Å². The van der Waals surface area contributed by atoms with Crippen LogP contribution in [0.5, 0.6) is 5.75 Å². The molecule has 0 unspecified atom stereocenters. The first-order valence-electron chi connectivity index (χ1n) is 6.17. The predicted molar refractivity (Wildman–Crippen MR) is 72.3 cm³/mol. The zero-order chi connectivity index (χ0) is 13.9. The number of benzene rings is 1. The number of hydrogen-bond acceptors (Lipinski definition) is 5. The summed E-state index contributed by atoms with van der Waals surface area (Å²) in [4.78, 5) is 19.9. The average molecular weight is 268 g/mol. The molecule has 5 nitrogen and oxygen atoms in total. The van der Waals surface area contributed by atoms with Crippen LogP contribution in [0.2, 0.25) is 0 Å². The molecule has 0 saturated heterocycles. The van der Waals surface area contributed by atoms with Crippen LogP contribution in [0.1, 0.15) is 11.5 Å². The normalized spacial score (nSPS) is 10.7. The first-order valence-corrected chi connectivity index (χ1v) is 6.17. The molecule has 0 spiro atoms. The van der Waals surface area contributed by atoms with E-state index in [2.05, 4.69) is 9.97 Å². The molecule has 0 N–H and O–H groups in total. The molecule has 3 rings (SSSR count). The minimum Gasteiger partial charge on any atom is -0.441 e. The molecule has 0 bridgehead atoms. The van der Waals surface area contributed by atoms with Crippen molar-refractivity contribution in [3.05, 3.63) is 54.2 Å². The number of rotatable bonds is 3. The molecule has 0 amide bonds. The Bertz CT molecular complexity index is 750. The Balaban J connectivity index is 1.74. The quantitative estimate of drug-likeness (QED) is 0.539. The first kappa shape index (κ1) is 12.3. The second kappa shape index (κ2) is 5.13. The minimum atomic E-state index is -0.323. The van der Waals surface area contributed by atoms with Crippen molar-refractivity contribution in [2.45, 2.75) is 13.3 Å². The van der Waals surface area contributed by atoms with Crippen molar-refractivity contribution >= 4 is 17.1 Å². The van der Waals surface area contributed by atoms with Crippen molar-refractivity contribution in [1.82, 2.24) is 9.97 Å². The van der Waals surface area contributed by atoms with E-state index in [-0.39, 0.29) is 12.4 Å². The van der Waals surface area contributed by atoms with Crippen LogP contribution in [0, 0.1) is 6.92 Å². The summed E-state index contributed by atoms with van der Waals surface area (Å²) in [6, 6.07) is 8.69. The van der Waals surface area contributed by atoms with E-state index in [1.54, 1.807) is 49.6 Å². The molecule has 0 radical (unpaired) electrons. The number of aromatic nitrogens is 2. The van der Waals surface area contributed by atoms with E-state index >= 15 is 0 Å². The molecule has 0 aliphatic heterocycles. The Morgan fingerprint density at radius 3 is 2.85 bits per heavy atom. The van der Waals surface area contributed by atoms with Gasteiger partial charge < -0.3 is 9.15 Å². The number of carbonyl (C=O) groups excluding carboxylic acids is 1. The van der Waals surface area contributed by atoms with Crippen LogP contribution in [0.3, 0.4) is 0 Å². The standard InChI is InChI=1S/C15H12N2O3/c1-10-17-13-9-12(2-3-14(13)19-10)20-15(18)8-11-4-6-16-7-5-11/h2-7,9H,8H2,1H3. The highest BCUT2D eigenvalue weighted by atomic mass is 16.5. The Morgan fingerprint density at radius 1 is 1.25 bits per heavy atom. The van der Waals surface area contributed by atoms with Gasteiger partial charge in [0, 0.05) is 25.4 Å². The molecular weight excluding hydrogens is 256 g/mol. The summed E-state index contributed by atoms with van der Waals surface area (Å²) in [6.45, 7) is 1.77. The number of carbonyl (C=O) groups is 1. The second-order valence-electron chi connectivity index (χ2n) is 4.37. The Hall–Kier alpha value is -2.69. The fraction of sp³-hybridized carbons (Fsp3) is 0.133. The van der Waals surface area contributed by atoms with Gasteiger partial charge in [-0.15, -0.1) is 0 Å². The predicted octanol–water partition coefficient (Wildman–Crippen LogP) is 2.68. The van der Waals surface area contributed by atoms with Gasteiger partial charge in [0.1, 0.15) is 11.3 Å². The summed E-state index contributed by atoms with van der Waals surface area (Å²) in [7, 11) is 0. The zero-order valence-electron chi connectivity index (χ0n) is 10.9. The van der Waals surface area contributed by atoms with Crippen molar-refractivity contribution in [1.29, 1.82) is 0 Å². The molecule has 0 atom stereocenters. The third-order valence-electron chi connectivity index (χ3n) is 2.80. The summed E-state index contributed by atoms with van der Waals surface area (Å²) in [5.74, 6) is 0.723. The Labute approximate surface area is 115 Å². The smallest absolute Gasteiger partial charge is 0.315 e. The molecule has 1 aromatic carbocycles. The molecule has 0 aliphatic carbocycles. The van der Waals surface area contributed by atoms with Crippen molar-refractivity contribution in [3.63, 3.8) is 0 Å². The third kappa shape index (κ3) is 2.66. The lowest BCUT2D eigenvalue weighted by atomic mass is 10.2. The maximum atomic E-state index is 11.8. The van der Waals surface area contributed by atoms with E-state index in [0.717, 1.165) is 5.56 Å². The number of pyridine rings is 1. The molecule has 0 aliphatic rings. The van der Waals surface area contributed by atoms with Crippen LogP contribution in [0.15, 0.2) is 47.1 Å². The van der Waals surface area contributed by atoms with Crippen LogP contribution in [0.25, 0.3) is 11.1 Å². The Kier molecular flexibility index (Phi) is 3.16. The number of hydrogen-bond donors (Lipinski definition) is 0. The van der Waals surface area contributed by atoms with Crippen molar-refractivity contribution in [3.8, 4) is 5.75 Å². The SMILES string of the molecule is Cc1nc2cc(OC(=O)Cc3ccncc3)ccc2o1. The summed E-state index contributed by atoms with van der Waals surface area (Å²) >= 11 is 0. The van der Waals surface area contributed by atoms with Crippen LogP contribution < -0.4 is 4.74 Å². The molecule has 2 aromatic heterocycles. The van der Waals surface area contributed by atoms with E-state index < -0.39 is 0 Å². The largest absolute Gasteiger partial charge is 0.441 e. The van der Waals surface area contributed by atoms with Gasteiger partial charge in [0.2, 0.25) is 0 Å². The lowest BCUT2D eigenvalue weighted by Gasteiger charge is -2.03. The fourth-order valence-corrected chi connectivity index (χ4v) is 1.92. The number of esters is 1. The van der Waals surface area contributed by atoms with Gasteiger partial charge in [0.15, 0.2) is 11.5 Å². The highest BCUT2D eigenvalue weighted by Gasteiger charge is 2.09. The lowest BCUT2D eigenvalue weighted by Crippen LogP contribution is -2.11. The highest BCUT2D eigenvalue weighted by Crippen LogP contribution is 2.21. The van der Waals surface area contributed by atoms with Crippen LogP contribution in [-0.4, -0.2) is 15.9 Å². The number of nitrogens with zero attached hydrogens (tertiary/aromatic N) is 2. The van der Waals surface area contributed by atoms with E-state index in [9.17, 15) is 4.79 Å². The summed E-state index contributed by atoms with van der Waals surface area (Å²) in [5.41, 5.74) is 2.22. The lowest BCUT2D eigenvalue weighted by molar-refractivity contribution is -0.133. The third-order valence-corrected chi connectivity index (χ3v) is 2.80. The van der Waals surface area contributed by atoms with Crippen molar-refractivity contribution in [2.75, 3.05) is 0 Å². The van der Waals surface area contributed by atoms with E-state index in [1.807, 2.05) is 0 Å². The fourth-order valence-electron chi connectivity index (χ4n) is 1.92. The molecule has 100 valence electrons. The van der Waals surface area contributed by atoms with Gasteiger partial charge >= 0.3 is 5.97 Å². The second-order valence-corrected chi connectivity index (χ2v) is 4.37. The summed E-state index contributed by atoms with van der Waals surface area (Å²) in [5, 5.41) is 0. The number of aryl methyl sites for hydroxylation is 1. The molecular formula is C15H12N2O3. The van der Waals surface area contributed by atoms with Gasteiger partial charge in [-0.1, -0.05) is 0 Å². The molecule has 0 fully saturated rings. The molecule has 2 heterocycles. The zero-order valence-corrected chi connectivity index (χ0v) is 10.9. The maximum absolute atomic E-state index is 11.8. The highest BCUT2D eigenvalue weighted by molar-refractivity contribution is 5.78. The molecule has 3 aromatic rings. The van der Waals surface area contributed by atoms with Gasteiger partial charge in [0.25, 0.3) is 0 Å². The Morgan fingerprint density at radius 2 is 2.05 bits per heavy atom. The summed E-state index contributed by atoms with van der Waals surface area (Å²) in [6.07, 6.45) is 3.50. The van der Waals surface area contributed by atoms with E-state index in [4.69, 9.17) is 9.15 Å². The minimum absolute atomic E-state index is 0.207. The van der Waals surface area contributed by atoms with Crippen LogP contribution >= 0.6 is 0 Å². The monoisotopic (exact) mass is 268 g/mol. The molecule has 0 saturated carbocycles. The number of oxazole rings is 1. The van der Waals surface area contributed by atoms with Crippen LogP contribution in [0.4, 0.5) is 0 Å². The van der Waals surface area contributed by atoms with Crippen LogP contribution in [-0.2, 0) is 11.2 Å². The number of ether oxygens (including phenoxy) is 1. The van der Waals surface area contributed by atoms with Gasteiger partial charge in [-0.2, -0.15) is 0 Å². The first-order chi connectivity index (χ1) is 9.70. The van der Waals surface area contributed by atoms with Gasteiger partial charge in [0.05, 0.1) is 6.42 Å². The van der Waals surface area contributed by atoms with E-state index in [0.29, 0.717) is 22.7 Å². The molecule has 5 heteroatoms. The van der Waals surface area contributed by atoms with Crippen molar-refractivity contribution < 1.29 is 13.9 Å². The van der Waals surface area contributed by atoms with Gasteiger partial charge in [-0.25, -0.2) is 4.98 Å². The average Bonchev–Trinajstić information content (AvgIpc) is 2.79. The molecule has 20 heavy (non-hydrogen) atoms. The van der Waals surface area contributed by atoms with Crippen molar-refractivity contribution in [2.24, 2.45) is 0 Å². The van der Waals surface area contributed by atoms with Gasteiger partial charge in [-0.3, -0.25) is 9.78 Å². The topological polar surface area (TPSA) is 65.2 Å². The summed E-state index contributed by atoms with van der Waals surface area (Å²) < 4.78 is 10.7. The maximum Gasteiger partial charge on any atom is 0.315 e. The van der Waals surface area contributed by atoms with Gasteiger partial charge in [-0.05, 0) is 29.8 Å².